The zero-order valence-corrected chi connectivity index (χ0v) is 11.4. The molecule has 0 bridgehead atoms. The lowest BCUT2D eigenvalue weighted by Crippen LogP contribution is -2.26. The zero-order chi connectivity index (χ0) is 13.5. The summed E-state index contributed by atoms with van der Waals surface area (Å²) in [5.41, 5.74) is 2.33. The van der Waals surface area contributed by atoms with Crippen molar-refractivity contribution in [2.45, 2.75) is 13.1 Å². The highest BCUT2D eigenvalue weighted by atomic mass is 35.5. The molecule has 0 fully saturated rings. The van der Waals surface area contributed by atoms with Crippen LogP contribution in [0.4, 0.5) is 0 Å². The predicted molar refractivity (Wildman–Crippen MR) is 76.9 cm³/mol. The molecule has 0 amide bonds. The third-order valence-electron chi connectivity index (χ3n) is 2.86. The Kier molecular flexibility index (Phi) is 5.33. The summed E-state index contributed by atoms with van der Waals surface area (Å²) in [6.45, 7) is 2.34. The SMILES string of the molecule is OCCN(Cc1ccccc1)Cc1ccc(Cl)nc1. The number of rotatable bonds is 6. The first kappa shape index (κ1) is 14.0. The molecule has 0 spiro atoms. The Morgan fingerprint density at radius 3 is 2.37 bits per heavy atom. The highest BCUT2D eigenvalue weighted by Gasteiger charge is 2.06. The van der Waals surface area contributed by atoms with E-state index in [1.807, 2.05) is 24.3 Å². The largest absolute Gasteiger partial charge is 0.395 e. The van der Waals surface area contributed by atoms with Crippen molar-refractivity contribution in [3.8, 4) is 0 Å². The van der Waals surface area contributed by atoms with Gasteiger partial charge in [0.25, 0.3) is 0 Å². The van der Waals surface area contributed by atoms with Gasteiger partial charge < -0.3 is 5.11 Å². The third-order valence-corrected chi connectivity index (χ3v) is 3.08. The van der Waals surface area contributed by atoms with Crippen molar-refractivity contribution in [1.82, 2.24) is 9.88 Å². The monoisotopic (exact) mass is 276 g/mol. The molecule has 0 radical (unpaired) electrons. The van der Waals surface area contributed by atoms with E-state index in [4.69, 9.17) is 16.7 Å². The maximum atomic E-state index is 9.16. The molecule has 0 aliphatic rings. The van der Waals surface area contributed by atoms with Crippen molar-refractivity contribution in [1.29, 1.82) is 0 Å². The van der Waals surface area contributed by atoms with Crippen molar-refractivity contribution >= 4 is 11.6 Å². The molecule has 0 unspecified atom stereocenters. The number of halogens is 1. The van der Waals surface area contributed by atoms with E-state index in [0.717, 1.165) is 18.7 Å². The van der Waals surface area contributed by atoms with Crippen LogP contribution >= 0.6 is 11.6 Å². The Morgan fingerprint density at radius 1 is 1.00 bits per heavy atom. The van der Waals surface area contributed by atoms with Gasteiger partial charge in [-0.1, -0.05) is 48.0 Å². The van der Waals surface area contributed by atoms with Crippen LogP contribution in [0.15, 0.2) is 48.7 Å². The molecule has 1 aromatic carbocycles. The number of pyridine rings is 1. The van der Waals surface area contributed by atoms with Crippen LogP contribution in [0.1, 0.15) is 11.1 Å². The van der Waals surface area contributed by atoms with Crippen LogP contribution in [0.3, 0.4) is 0 Å². The van der Waals surface area contributed by atoms with Gasteiger partial charge in [0.1, 0.15) is 5.15 Å². The fraction of sp³-hybridized carbons (Fsp3) is 0.267. The number of nitrogens with zero attached hydrogens (tertiary/aromatic N) is 2. The summed E-state index contributed by atoms with van der Waals surface area (Å²) in [5, 5.41) is 9.66. The van der Waals surface area contributed by atoms with Gasteiger partial charge in [0.2, 0.25) is 0 Å². The Hall–Kier alpha value is -1.42. The lowest BCUT2D eigenvalue weighted by atomic mass is 10.2. The number of aliphatic hydroxyl groups excluding tert-OH is 1. The van der Waals surface area contributed by atoms with Gasteiger partial charge in [0.05, 0.1) is 6.61 Å². The first-order chi connectivity index (χ1) is 9.28. The van der Waals surface area contributed by atoms with E-state index in [2.05, 4.69) is 22.0 Å². The van der Waals surface area contributed by atoms with Gasteiger partial charge in [-0.05, 0) is 17.2 Å². The van der Waals surface area contributed by atoms with E-state index in [9.17, 15) is 0 Å². The molecule has 0 atom stereocenters. The smallest absolute Gasteiger partial charge is 0.129 e. The Labute approximate surface area is 118 Å². The maximum Gasteiger partial charge on any atom is 0.129 e. The quantitative estimate of drug-likeness (QED) is 0.824. The minimum atomic E-state index is 0.147. The molecular formula is C15H17ClN2O. The molecule has 0 aliphatic heterocycles. The maximum absolute atomic E-state index is 9.16. The second-order valence-electron chi connectivity index (χ2n) is 4.41. The van der Waals surface area contributed by atoms with Crippen LogP contribution in [-0.2, 0) is 13.1 Å². The normalized spacial score (nSPS) is 10.9. The number of aromatic nitrogens is 1. The summed E-state index contributed by atoms with van der Waals surface area (Å²) in [7, 11) is 0. The van der Waals surface area contributed by atoms with E-state index in [1.165, 1.54) is 5.56 Å². The van der Waals surface area contributed by atoms with E-state index >= 15 is 0 Å². The topological polar surface area (TPSA) is 36.4 Å². The Morgan fingerprint density at radius 2 is 1.74 bits per heavy atom. The molecule has 2 aromatic rings. The highest BCUT2D eigenvalue weighted by Crippen LogP contribution is 2.11. The summed E-state index contributed by atoms with van der Waals surface area (Å²) in [5.74, 6) is 0. The Balaban J connectivity index is 2.01. The predicted octanol–water partition coefficient (Wildman–Crippen LogP) is 2.73. The Bertz CT molecular complexity index is 487. The van der Waals surface area contributed by atoms with Crippen LogP contribution in [-0.4, -0.2) is 28.1 Å². The van der Waals surface area contributed by atoms with Crippen molar-refractivity contribution in [3.05, 3.63) is 64.9 Å². The van der Waals surface area contributed by atoms with E-state index < -0.39 is 0 Å². The number of aliphatic hydroxyl groups is 1. The van der Waals surface area contributed by atoms with Crippen LogP contribution in [0.5, 0.6) is 0 Å². The average molecular weight is 277 g/mol. The summed E-state index contributed by atoms with van der Waals surface area (Å²) in [4.78, 5) is 6.26. The van der Waals surface area contributed by atoms with Crippen LogP contribution in [0.25, 0.3) is 0 Å². The van der Waals surface area contributed by atoms with Gasteiger partial charge >= 0.3 is 0 Å². The van der Waals surface area contributed by atoms with Gasteiger partial charge in [0, 0.05) is 25.8 Å². The van der Waals surface area contributed by atoms with Crippen LogP contribution < -0.4 is 0 Å². The van der Waals surface area contributed by atoms with Gasteiger partial charge in [-0.25, -0.2) is 4.98 Å². The van der Waals surface area contributed by atoms with Gasteiger partial charge in [-0.2, -0.15) is 0 Å². The molecule has 0 saturated heterocycles. The molecule has 3 nitrogen and oxygen atoms in total. The molecule has 2 rings (SSSR count). The number of hydrogen-bond donors (Lipinski definition) is 1. The van der Waals surface area contributed by atoms with Crippen LogP contribution in [0.2, 0.25) is 5.15 Å². The molecule has 1 N–H and O–H groups in total. The first-order valence-corrected chi connectivity index (χ1v) is 6.63. The van der Waals surface area contributed by atoms with Crippen molar-refractivity contribution in [2.75, 3.05) is 13.2 Å². The molecule has 1 heterocycles. The van der Waals surface area contributed by atoms with E-state index in [1.54, 1.807) is 12.3 Å². The molecule has 19 heavy (non-hydrogen) atoms. The van der Waals surface area contributed by atoms with Gasteiger partial charge in [-0.15, -0.1) is 0 Å². The van der Waals surface area contributed by atoms with Gasteiger partial charge in [-0.3, -0.25) is 4.90 Å². The zero-order valence-electron chi connectivity index (χ0n) is 10.7. The van der Waals surface area contributed by atoms with E-state index in [0.29, 0.717) is 11.7 Å². The van der Waals surface area contributed by atoms with Crippen molar-refractivity contribution in [2.24, 2.45) is 0 Å². The van der Waals surface area contributed by atoms with Crippen molar-refractivity contribution in [3.63, 3.8) is 0 Å². The molecule has 4 heteroatoms. The molecule has 100 valence electrons. The summed E-state index contributed by atoms with van der Waals surface area (Å²) >= 11 is 5.77. The fourth-order valence-electron chi connectivity index (χ4n) is 1.96. The summed E-state index contributed by atoms with van der Waals surface area (Å²) in [6.07, 6.45) is 1.78. The fourth-order valence-corrected chi connectivity index (χ4v) is 2.07. The number of benzene rings is 1. The standard InChI is InChI=1S/C15H17ClN2O/c16-15-7-6-14(10-17-15)12-18(8-9-19)11-13-4-2-1-3-5-13/h1-7,10,19H,8-9,11-12H2. The molecule has 0 aliphatic carbocycles. The molecule has 1 aromatic heterocycles. The summed E-state index contributed by atoms with van der Waals surface area (Å²) < 4.78 is 0. The lowest BCUT2D eigenvalue weighted by Gasteiger charge is -2.21. The van der Waals surface area contributed by atoms with Crippen LogP contribution in [0, 0.1) is 0 Å². The average Bonchev–Trinajstić information content (AvgIpc) is 2.43. The minimum Gasteiger partial charge on any atom is -0.395 e. The molecular weight excluding hydrogens is 260 g/mol. The number of hydrogen-bond acceptors (Lipinski definition) is 3. The van der Waals surface area contributed by atoms with Gasteiger partial charge in [0.15, 0.2) is 0 Å². The second-order valence-corrected chi connectivity index (χ2v) is 4.80. The minimum absolute atomic E-state index is 0.147. The summed E-state index contributed by atoms with van der Waals surface area (Å²) in [6, 6.07) is 14.0. The second kappa shape index (κ2) is 7.24. The lowest BCUT2D eigenvalue weighted by molar-refractivity contribution is 0.184. The van der Waals surface area contributed by atoms with Crippen molar-refractivity contribution < 1.29 is 5.11 Å². The van der Waals surface area contributed by atoms with E-state index in [-0.39, 0.29) is 6.61 Å². The third kappa shape index (κ3) is 4.63. The highest BCUT2D eigenvalue weighted by molar-refractivity contribution is 6.29. The molecule has 0 saturated carbocycles. The first-order valence-electron chi connectivity index (χ1n) is 6.25.